The second-order valence-electron chi connectivity index (χ2n) is 7.39. The molecule has 29 heavy (non-hydrogen) atoms. The minimum Gasteiger partial charge on any atom is -0.354 e. The van der Waals surface area contributed by atoms with Gasteiger partial charge in [0.2, 0.25) is 0 Å². The molecule has 0 aliphatic carbocycles. The van der Waals surface area contributed by atoms with E-state index in [0.29, 0.717) is 0 Å². The summed E-state index contributed by atoms with van der Waals surface area (Å²) in [5.41, 5.74) is 3.00. The fourth-order valence-corrected chi connectivity index (χ4v) is 3.58. The Bertz CT molecular complexity index is 1110. The summed E-state index contributed by atoms with van der Waals surface area (Å²) in [5, 5.41) is 11.6. The van der Waals surface area contributed by atoms with E-state index in [-0.39, 0.29) is 0 Å². The first-order valence-corrected chi connectivity index (χ1v) is 9.83. The minimum absolute atomic E-state index is 0.730. The van der Waals surface area contributed by atoms with Gasteiger partial charge in [-0.25, -0.2) is 9.97 Å². The van der Waals surface area contributed by atoms with E-state index in [9.17, 15) is 0 Å². The van der Waals surface area contributed by atoms with Crippen LogP contribution in [0.15, 0.2) is 60.8 Å². The lowest BCUT2D eigenvalue weighted by Gasteiger charge is -2.33. The summed E-state index contributed by atoms with van der Waals surface area (Å²) in [6, 6.07) is 18.3. The summed E-state index contributed by atoms with van der Waals surface area (Å²) < 4.78 is 0. The second-order valence-corrected chi connectivity index (χ2v) is 7.39. The highest BCUT2D eigenvalue weighted by atomic mass is 15.3. The predicted molar refractivity (Wildman–Crippen MR) is 117 cm³/mol. The lowest BCUT2D eigenvalue weighted by molar-refractivity contribution is 0.312. The fraction of sp³-hybridized carbons (Fsp3) is 0.227. The number of piperazine rings is 1. The number of anilines is 3. The number of likely N-dealkylation sites (N-methyl/N-ethyl adjacent to an activating group) is 1. The average molecular weight is 385 g/mol. The number of aromatic amines is 1. The van der Waals surface area contributed by atoms with Crippen molar-refractivity contribution in [2.45, 2.75) is 0 Å². The molecule has 0 unspecified atom stereocenters. The van der Waals surface area contributed by atoms with E-state index in [2.05, 4.69) is 38.4 Å². The number of rotatable bonds is 4. The molecule has 7 nitrogen and oxygen atoms in total. The summed E-state index contributed by atoms with van der Waals surface area (Å²) in [7, 11) is 2.16. The number of aromatic nitrogens is 4. The largest absolute Gasteiger partial charge is 0.354 e. The average Bonchev–Trinajstić information content (AvgIpc) is 3.23. The number of benzene rings is 2. The number of fused-ring (bicyclic) bond motifs is 1. The molecule has 3 heterocycles. The normalized spacial score (nSPS) is 15.0. The Morgan fingerprint density at radius 3 is 2.59 bits per heavy atom. The van der Waals surface area contributed by atoms with Crippen molar-refractivity contribution in [3.05, 3.63) is 60.8 Å². The van der Waals surface area contributed by atoms with Crippen molar-refractivity contribution in [3.8, 4) is 11.4 Å². The van der Waals surface area contributed by atoms with Gasteiger partial charge in [-0.2, -0.15) is 5.10 Å². The fourth-order valence-electron chi connectivity index (χ4n) is 3.58. The monoisotopic (exact) mass is 385 g/mol. The van der Waals surface area contributed by atoms with Crippen LogP contribution in [0.4, 0.5) is 17.3 Å². The van der Waals surface area contributed by atoms with Crippen LogP contribution in [0.2, 0.25) is 0 Å². The van der Waals surface area contributed by atoms with Crippen LogP contribution >= 0.6 is 0 Å². The van der Waals surface area contributed by atoms with Crippen molar-refractivity contribution in [2.24, 2.45) is 0 Å². The first-order valence-electron chi connectivity index (χ1n) is 9.83. The van der Waals surface area contributed by atoms with Gasteiger partial charge >= 0.3 is 0 Å². The van der Waals surface area contributed by atoms with Crippen molar-refractivity contribution in [1.82, 2.24) is 25.1 Å². The Morgan fingerprint density at radius 2 is 1.76 bits per heavy atom. The molecule has 5 rings (SSSR count). The molecule has 0 spiro atoms. The molecule has 1 aliphatic heterocycles. The van der Waals surface area contributed by atoms with Crippen molar-refractivity contribution >= 4 is 28.2 Å². The zero-order valence-electron chi connectivity index (χ0n) is 16.3. The van der Waals surface area contributed by atoms with Crippen molar-refractivity contribution in [1.29, 1.82) is 0 Å². The zero-order valence-corrected chi connectivity index (χ0v) is 16.3. The number of H-pyrrole nitrogens is 1. The van der Waals surface area contributed by atoms with E-state index in [1.54, 1.807) is 0 Å². The lowest BCUT2D eigenvalue weighted by Crippen LogP contribution is -2.44. The highest BCUT2D eigenvalue weighted by molar-refractivity contribution is 5.82. The maximum absolute atomic E-state index is 4.88. The molecule has 4 aromatic rings. The molecule has 0 amide bonds. The number of hydrogen-bond donors (Lipinski definition) is 2. The van der Waals surface area contributed by atoms with Crippen molar-refractivity contribution in [3.63, 3.8) is 0 Å². The minimum atomic E-state index is 0.730. The van der Waals surface area contributed by atoms with Crippen LogP contribution in [0.25, 0.3) is 22.3 Å². The highest BCUT2D eigenvalue weighted by Crippen LogP contribution is 2.26. The van der Waals surface area contributed by atoms with Crippen LogP contribution < -0.4 is 10.2 Å². The molecule has 2 N–H and O–H groups in total. The molecule has 0 radical (unpaired) electrons. The predicted octanol–water partition coefficient (Wildman–Crippen LogP) is 3.52. The Hall–Kier alpha value is -3.45. The number of hydrogen-bond acceptors (Lipinski definition) is 6. The lowest BCUT2D eigenvalue weighted by atomic mass is 10.2. The molecule has 0 atom stereocenters. The van der Waals surface area contributed by atoms with Crippen molar-refractivity contribution in [2.75, 3.05) is 43.4 Å². The van der Waals surface area contributed by atoms with Gasteiger partial charge in [-0.05, 0) is 25.2 Å². The molecule has 1 fully saturated rings. The van der Waals surface area contributed by atoms with Gasteiger partial charge < -0.3 is 15.1 Å². The third-order valence-corrected chi connectivity index (χ3v) is 5.28. The van der Waals surface area contributed by atoms with E-state index in [0.717, 1.165) is 65.8 Å². The van der Waals surface area contributed by atoms with Gasteiger partial charge in [0.25, 0.3) is 0 Å². The molecule has 146 valence electrons. The summed E-state index contributed by atoms with van der Waals surface area (Å²) in [6.45, 7) is 3.99. The van der Waals surface area contributed by atoms with Gasteiger partial charge in [-0.1, -0.05) is 30.3 Å². The molecular formula is C22H23N7. The quantitative estimate of drug-likeness (QED) is 0.560. The van der Waals surface area contributed by atoms with Gasteiger partial charge in [0, 0.05) is 48.9 Å². The van der Waals surface area contributed by atoms with E-state index >= 15 is 0 Å². The summed E-state index contributed by atoms with van der Waals surface area (Å²) in [6.07, 6.45) is 1.82. The summed E-state index contributed by atoms with van der Waals surface area (Å²) in [5.74, 6) is 2.48. The van der Waals surface area contributed by atoms with E-state index in [1.165, 1.54) is 0 Å². The molecule has 7 heteroatoms. The number of nitrogens with one attached hydrogen (secondary N) is 2. The Labute approximate surface area is 169 Å². The van der Waals surface area contributed by atoms with E-state index in [4.69, 9.17) is 9.97 Å². The van der Waals surface area contributed by atoms with Gasteiger partial charge in [0.15, 0.2) is 5.82 Å². The molecule has 0 saturated carbocycles. The topological polar surface area (TPSA) is 73.0 Å². The molecule has 2 aromatic heterocycles. The van der Waals surface area contributed by atoms with Crippen LogP contribution in [0.5, 0.6) is 0 Å². The molecule has 2 aromatic carbocycles. The van der Waals surface area contributed by atoms with Gasteiger partial charge in [-0.15, -0.1) is 0 Å². The molecule has 0 bridgehead atoms. The first-order chi connectivity index (χ1) is 14.2. The maximum atomic E-state index is 4.88. The first kappa shape index (κ1) is 17.6. The van der Waals surface area contributed by atoms with Gasteiger partial charge in [0.1, 0.15) is 11.6 Å². The Morgan fingerprint density at radius 1 is 0.931 bits per heavy atom. The third kappa shape index (κ3) is 3.77. The highest BCUT2D eigenvalue weighted by Gasteiger charge is 2.18. The molecule has 1 saturated heterocycles. The molecule has 1 aliphatic rings. The van der Waals surface area contributed by atoms with E-state index in [1.807, 2.05) is 54.7 Å². The second kappa shape index (κ2) is 7.52. The third-order valence-electron chi connectivity index (χ3n) is 5.28. The zero-order chi connectivity index (χ0) is 19.6. The van der Waals surface area contributed by atoms with Crippen LogP contribution in [0.1, 0.15) is 0 Å². The van der Waals surface area contributed by atoms with Gasteiger partial charge in [-0.3, -0.25) is 5.10 Å². The number of nitrogens with zero attached hydrogens (tertiary/aromatic N) is 5. The maximum Gasteiger partial charge on any atom is 0.163 e. The van der Waals surface area contributed by atoms with E-state index < -0.39 is 0 Å². The Balaban J connectivity index is 1.51. The van der Waals surface area contributed by atoms with Crippen LogP contribution in [0, 0.1) is 0 Å². The SMILES string of the molecule is CN1CCN(c2cc(Nc3ccc4[nH]ncc4c3)nc(-c3ccccc3)n2)CC1. The van der Waals surface area contributed by atoms with Crippen LogP contribution in [-0.4, -0.2) is 58.3 Å². The standard InChI is InChI=1S/C22H23N7/c1-28-9-11-29(12-10-28)21-14-20(25-22(26-21)16-5-3-2-4-6-16)24-18-7-8-19-17(13-18)15-23-27-19/h2-8,13-15H,9-12H2,1H3,(H,23,27)(H,24,25,26). The smallest absolute Gasteiger partial charge is 0.163 e. The molecular weight excluding hydrogens is 362 g/mol. The Kier molecular flexibility index (Phi) is 4.57. The van der Waals surface area contributed by atoms with Crippen LogP contribution in [0.3, 0.4) is 0 Å². The summed E-state index contributed by atoms with van der Waals surface area (Å²) >= 11 is 0. The van der Waals surface area contributed by atoms with Crippen LogP contribution in [-0.2, 0) is 0 Å². The van der Waals surface area contributed by atoms with Gasteiger partial charge in [0.05, 0.1) is 11.7 Å². The van der Waals surface area contributed by atoms with Crippen molar-refractivity contribution < 1.29 is 0 Å². The summed E-state index contributed by atoms with van der Waals surface area (Å²) in [4.78, 5) is 14.3.